The van der Waals surface area contributed by atoms with E-state index in [0.29, 0.717) is 0 Å². The summed E-state index contributed by atoms with van der Waals surface area (Å²) in [5, 5.41) is 9.56. The molecule has 4 N–H and O–H groups in total. The largest absolute Gasteiger partial charge is 0.490 e. The maximum Gasteiger partial charge on any atom is 0.490 e. The lowest BCUT2D eigenvalue weighted by atomic mass is 10.4. The summed E-state index contributed by atoms with van der Waals surface area (Å²) < 4.78 is 36.1. The molecule has 0 bridgehead atoms. The maximum atomic E-state index is 10.6. The van der Waals surface area contributed by atoms with Crippen molar-refractivity contribution in [1.29, 1.82) is 0 Å². The third-order valence-corrected chi connectivity index (χ3v) is 1.31. The standard InChI is InChI=1S/C6H12N2O3.C2HF3O2/c1-11-6(10)2-3-8-5(9)4-7;3-2(4,5)1(6)7/h2-4,7H2,1H3,(H,8,9);(H,6,7). The molecule has 18 heavy (non-hydrogen) atoms. The summed E-state index contributed by atoms with van der Waals surface area (Å²) >= 11 is 0. The second-order valence-corrected chi connectivity index (χ2v) is 2.68. The van der Waals surface area contributed by atoms with Gasteiger partial charge in [0.05, 0.1) is 20.1 Å². The SMILES string of the molecule is COC(=O)CCNC(=O)CN.O=C(O)C(F)(F)F. The number of carbonyl (C=O) groups is 3. The first-order chi connectivity index (χ1) is 8.15. The topological polar surface area (TPSA) is 119 Å². The highest BCUT2D eigenvalue weighted by Gasteiger charge is 2.38. The first kappa shape index (κ1) is 18.5. The van der Waals surface area contributed by atoms with E-state index in [9.17, 15) is 22.8 Å². The van der Waals surface area contributed by atoms with Crippen LogP contribution >= 0.6 is 0 Å². The van der Waals surface area contributed by atoms with Gasteiger partial charge >= 0.3 is 18.1 Å². The molecule has 0 aromatic carbocycles. The van der Waals surface area contributed by atoms with Gasteiger partial charge in [0.15, 0.2) is 0 Å². The van der Waals surface area contributed by atoms with Crippen LogP contribution in [0, 0.1) is 0 Å². The molecule has 10 heteroatoms. The number of ether oxygens (including phenoxy) is 1. The zero-order valence-corrected chi connectivity index (χ0v) is 9.41. The van der Waals surface area contributed by atoms with Gasteiger partial charge in [-0.25, -0.2) is 4.79 Å². The number of amides is 1. The molecule has 0 radical (unpaired) electrons. The Labute approximate surface area is 100 Å². The summed E-state index contributed by atoms with van der Waals surface area (Å²) in [7, 11) is 1.30. The van der Waals surface area contributed by atoms with E-state index >= 15 is 0 Å². The van der Waals surface area contributed by atoms with Crippen LogP contribution in [0.2, 0.25) is 0 Å². The highest BCUT2D eigenvalue weighted by atomic mass is 19.4. The Morgan fingerprint density at radius 1 is 1.33 bits per heavy atom. The van der Waals surface area contributed by atoms with Crippen molar-refractivity contribution in [3.8, 4) is 0 Å². The molecule has 0 aromatic heterocycles. The van der Waals surface area contributed by atoms with E-state index in [1.165, 1.54) is 7.11 Å². The number of rotatable bonds is 4. The monoisotopic (exact) mass is 274 g/mol. The van der Waals surface area contributed by atoms with E-state index in [1.54, 1.807) is 0 Å². The van der Waals surface area contributed by atoms with Crippen molar-refractivity contribution in [2.75, 3.05) is 20.2 Å². The predicted molar refractivity (Wildman–Crippen MR) is 52.4 cm³/mol. The van der Waals surface area contributed by atoms with Crippen molar-refractivity contribution in [1.82, 2.24) is 5.32 Å². The predicted octanol–water partition coefficient (Wildman–Crippen LogP) is -0.742. The normalized spacial score (nSPS) is 9.83. The molecule has 0 unspecified atom stereocenters. The van der Waals surface area contributed by atoms with Crippen molar-refractivity contribution in [2.45, 2.75) is 12.6 Å². The van der Waals surface area contributed by atoms with E-state index in [-0.39, 0.29) is 31.4 Å². The number of nitrogens with one attached hydrogen (secondary N) is 1. The summed E-state index contributed by atoms with van der Waals surface area (Å²) in [5.41, 5.74) is 4.99. The molecule has 0 rings (SSSR count). The van der Waals surface area contributed by atoms with Crippen LogP contribution < -0.4 is 11.1 Å². The minimum absolute atomic E-state index is 0.0544. The lowest BCUT2D eigenvalue weighted by molar-refractivity contribution is -0.192. The molecule has 0 spiro atoms. The Morgan fingerprint density at radius 3 is 2.06 bits per heavy atom. The van der Waals surface area contributed by atoms with Crippen LogP contribution in [0.1, 0.15) is 6.42 Å². The first-order valence-electron chi connectivity index (χ1n) is 4.48. The average molecular weight is 274 g/mol. The fourth-order valence-electron chi connectivity index (χ4n) is 0.478. The molecule has 0 heterocycles. The summed E-state index contributed by atoms with van der Waals surface area (Å²) in [4.78, 5) is 29.9. The van der Waals surface area contributed by atoms with E-state index in [1.807, 2.05) is 0 Å². The number of aliphatic carboxylic acids is 1. The van der Waals surface area contributed by atoms with Crippen LogP contribution in [-0.2, 0) is 19.1 Å². The van der Waals surface area contributed by atoms with Gasteiger partial charge < -0.3 is 20.9 Å². The summed E-state index contributed by atoms with van der Waals surface area (Å²) in [6.07, 6.45) is -4.90. The smallest absolute Gasteiger partial charge is 0.475 e. The van der Waals surface area contributed by atoms with Gasteiger partial charge in [-0.2, -0.15) is 13.2 Å². The minimum Gasteiger partial charge on any atom is -0.475 e. The van der Waals surface area contributed by atoms with Gasteiger partial charge in [0, 0.05) is 6.54 Å². The Morgan fingerprint density at radius 2 is 1.78 bits per heavy atom. The number of hydrogen-bond donors (Lipinski definition) is 3. The van der Waals surface area contributed by atoms with Crippen LogP contribution in [-0.4, -0.2) is 49.3 Å². The molecule has 0 fully saturated rings. The highest BCUT2D eigenvalue weighted by Crippen LogP contribution is 2.13. The van der Waals surface area contributed by atoms with Crippen LogP contribution in [0.15, 0.2) is 0 Å². The van der Waals surface area contributed by atoms with Gasteiger partial charge in [0.1, 0.15) is 0 Å². The van der Waals surface area contributed by atoms with Crippen LogP contribution in [0.3, 0.4) is 0 Å². The van der Waals surface area contributed by atoms with Crippen molar-refractivity contribution in [3.63, 3.8) is 0 Å². The number of carboxylic acids is 1. The number of carbonyl (C=O) groups excluding carboxylic acids is 2. The second kappa shape index (κ2) is 9.22. The van der Waals surface area contributed by atoms with E-state index in [2.05, 4.69) is 10.1 Å². The molecule has 0 aromatic rings. The zero-order chi connectivity index (χ0) is 14.8. The number of methoxy groups -OCH3 is 1. The van der Waals surface area contributed by atoms with Gasteiger partial charge in [-0.05, 0) is 0 Å². The minimum atomic E-state index is -5.08. The van der Waals surface area contributed by atoms with Crippen LogP contribution in [0.5, 0.6) is 0 Å². The number of carboxylic acid groups (broad SMARTS) is 1. The van der Waals surface area contributed by atoms with Crippen molar-refractivity contribution in [3.05, 3.63) is 0 Å². The molecule has 1 amide bonds. The van der Waals surface area contributed by atoms with Gasteiger partial charge in [-0.15, -0.1) is 0 Å². The average Bonchev–Trinajstić information content (AvgIpc) is 2.28. The van der Waals surface area contributed by atoms with Crippen molar-refractivity contribution < 1.29 is 37.4 Å². The molecule has 0 saturated heterocycles. The summed E-state index contributed by atoms with van der Waals surface area (Å²) in [5.74, 6) is -3.37. The maximum absolute atomic E-state index is 10.6. The third-order valence-electron chi connectivity index (χ3n) is 1.31. The van der Waals surface area contributed by atoms with Gasteiger partial charge in [-0.3, -0.25) is 9.59 Å². The Balaban J connectivity index is 0. The molecule has 0 aliphatic rings. The molecule has 0 aliphatic heterocycles. The van der Waals surface area contributed by atoms with Crippen molar-refractivity contribution >= 4 is 17.8 Å². The highest BCUT2D eigenvalue weighted by molar-refractivity contribution is 5.78. The first-order valence-corrected chi connectivity index (χ1v) is 4.48. The molecule has 0 saturated carbocycles. The lowest BCUT2D eigenvalue weighted by Gasteiger charge is -2.00. The quantitative estimate of drug-likeness (QED) is 0.581. The van der Waals surface area contributed by atoms with E-state index in [0.717, 1.165) is 0 Å². The zero-order valence-electron chi connectivity index (χ0n) is 9.41. The number of halogens is 3. The Bertz CT molecular complexity index is 277. The van der Waals surface area contributed by atoms with Crippen LogP contribution in [0.25, 0.3) is 0 Å². The Kier molecular flexibility index (Phi) is 9.48. The molecule has 7 nitrogen and oxygen atoms in total. The molecular weight excluding hydrogens is 261 g/mol. The van der Waals surface area contributed by atoms with E-state index in [4.69, 9.17) is 15.6 Å². The number of alkyl halides is 3. The number of esters is 1. The lowest BCUT2D eigenvalue weighted by Crippen LogP contribution is -2.31. The number of hydrogen-bond acceptors (Lipinski definition) is 5. The summed E-state index contributed by atoms with van der Waals surface area (Å²) in [6, 6.07) is 0. The second-order valence-electron chi connectivity index (χ2n) is 2.68. The van der Waals surface area contributed by atoms with E-state index < -0.39 is 12.1 Å². The van der Waals surface area contributed by atoms with Crippen molar-refractivity contribution in [2.24, 2.45) is 5.73 Å². The third kappa shape index (κ3) is 12.2. The van der Waals surface area contributed by atoms with Crippen LogP contribution in [0.4, 0.5) is 13.2 Å². The van der Waals surface area contributed by atoms with Gasteiger partial charge in [-0.1, -0.05) is 0 Å². The summed E-state index contributed by atoms with van der Waals surface area (Å²) in [6.45, 7) is 0.226. The molecule has 0 aliphatic carbocycles. The van der Waals surface area contributed by atoms with Gasteiger partial charge in [0.25, 0.3) is 0 Å². The fourth-order valence-corrected chi connectivity index (χ4v) is 0.478. The fraction of sp³-hybridized carbons (Fsp3) is 0.625. The molecule has 0 atom stereocenters. The Hall–Kier alpha value is -1.84. The molecule has 106 valence electrons. The van der Waals surface area contributed by atoms with Gasteiger partial charge in [0.2, 0.25) is 5.91 Å². The number of nitrogens with two attached hydrogens (primary N) is 1. The molecular formula is C8H13F3N2O5.